The Hall–Kier alpha value is -4.71. The van der Waals surface area contributed by atoms with E-state index in [1.54, 1.807) is 60.7 Å². The van der Waals surface area contributed by atoms with Gasteiger partial charge >= 0.3 is 5.97 Å². The molecule has 0 spiro atoms. The van der Waals surface area contributed by atoms with Crippen molar-refractivity contribution >= 4 is 18.1 Å². The summed E-state index contributed by atoms with van der Waals surface area (Å²) in [4.78, 5) is 24.6. The van der Waals surface area contributed by atoms with Gasteiger partial charge < -0.3 is 9.47 Å². The van der Waals surface area contributed by atoms with E-state index >= 15 is 0 Å². The lowest BCUT2D eigenvalue weighted by Crippen LogP contribution is -2.17. The standard InChI is InChI=1S/C30H26N2O4/c1-21-3-7-24(8-4-21)20-35-27-17-13-25(14-18-27)29(33)32-31-19-23-9-15-28(16-10-23)36-30(34)26-11-5-22(2)6-12-26/h3-19H,20H2,1-2H3,(H,32,33)/b31-19+. The minimum absolute atomic E-state index is 0.333. The molecule has 0 unspecified atom stereocenters. The van der Waals surface area contributed by atoms with E-state index < -0.39 is 5.97 Å². The molecule has 4 aromatic carbocycles. The molecule has 0 atom stereocenters. The molecule has 6 nitrogen and oxygen atoms in total. The van der Waals surface area contributed by atoms with Crippen LogP contribution in [0.4, 0.5) is 0 Å². The SMILES string of the molecule is Cc1ccc(COc2ccc(C(=O)N/N=C/c3ccc(OC(=O)c4ccc(C)cc4)cc3)cc2)cc1. The van der Waals surface area contributed by atoms with Crippen molar-refractivity contribution in [2.24, 2.45) is 5.10 Å². The molecule has 0 radical (unpaired) electrons. The average Bonchev–Trinajstić information content (AvgIpc) is 2.90. The number of amides is 1. The largest absolute Gasteiger partial charge is 0.489 e. The van der Waals surface area contributed by atoms with Crippen molar-refractivity contribution in [3.63, 3.8) is 0 Å². The second-order valence-electron chi connectivity index (χ2n) is 8.32. The van der Waals surface area contributed by atoms with Crippen molar-refractivity contribution in [1.29, 1.82) is 0 Å². The second kappa shape index (κ2) is 11.6. The summed E-state index contributed by atoms with van der Waals surface area (Å²) < 4.78 is 11.2. The number of aryl methyl sites for hydroxylation is 2. The molecule has 180 valence electrons. The molecule has 1 N–H and O–H groups in total. The van der Waals surface area contributed by atoms with E-state index in [2.05, 4.69) is 10.5 Å². The van der Waals surface area contributed by atoms with Gasteiger partial charge in [0.15, 0.2) is 0 Å². The van der Waals surface area contributed by atoms with E-state index in [9.17, 15) is 9.59 Å². The van der Waals surface area contributed by atoms with Crippen molar-refractivity contribution in [2.45, 2.75) is 20.5 Å². The summed E-state index contributed by atoms with van der Waals surface area (Å²) in [6, 6.07) is 29.0. The van der Waals surface area contributed by atoms with Gasteiger partial charge in [-0.1, -0.05) is 47.5 Å². The normalized spacial score (nSPS) is 10.7. The molecule has 0 aromatic heterocycles. The number of hydrazone groups is 1. The summed E-state index contributed by atoms with van der Waals surface area (Å²) in [7, 11) is 0. The van der Waals surface area contributed by atoms with Gasteiger partial charge in [-0.05, 0) is 85.6 Å². The van der Waals surface area contributed by atoms with Crippen LogP contribution in [0.15, 0.2) is 102 Å². The molecule has 0 bridgehead atoms. The Morgan fingerprint density at radius 1 is 0.722 bits per heavy atom. The number of hydrogen-bond acceptors (Lipinski definition) is 5. The van der Waals surface area contributed by atoms with Gasteiger partial charge in [-0.15, -0.1) is 0 Å². The topological polar surface area (TPSA) is 77.0 Å². The third-order valence-electron chi connectivity index (χ3n) is 5.40. The Labute approximate surface area is 210 Å². The average molecular weight is 479 g/mol. The van der Waals surface area contributed by atoms with E-state index in [0.717, 1.165) is 16.7 Å². The van der Waals surface area contributed by atoms with Crippen molar-refractivity contribution in [2.75, 3.05) is 0 Å². The van der Waals surface area contributed by atoms with Crippen LogP contribution in [0.3, 0.4) is 0 Å². The molecule has 6 heteroatoms. The lowest BCUT2D eigenvalue weighted by molar-refractivity contribution is 0.0734. The van der Waals surface area contributed by atoms with Crippen LogP contribution in [-0.4, -0.2) is 18.1 Å². The molecule has 0 saturated heterocycles. The number of ether oxygens (including phenoxy) is 2. The number of nitrogens with zero attached hydrogens (tertiary/aromatic N) is 1. The van der Waals surface area contributed by atoms with Gasteiger partial charge in [0, 0.05) is 5.56 Å². The highest BCUT2D eigenvalue weighted by Crippen LogP contribution is 2.16. The van der Waals surface area contributed by atoms with Crippen LogP contribution in [-0.2, 0) is 6.61 Å². The third-order valence-corrected chi connectivity index (χ3v) is 5.40. The maximum atomic E-state index is 12.4. The molecule has 0 aliphatic rings. The Bertz CT molecular complexity index is 1340. The molecule has 0 saturated carbocycles. The number of rotatable bonds is 8. The van der Waals surface area contributed by atoms with Crippen LogP contribution in [0, 0.1) is 13.8 Å². The predicted octanol–water partition coefficient (Wildman–Crippen LogP) is 5.87. The molecular weight excluding hydrogens is 452 g/mol. The van der Waals surface area contributed by atoms with Gasteiger partial charge in [0.2, 0.25) is 0 Å². The summed E-state index contributed by atoms with van der Waals surface area (Å²) in [5, 5.41) is 4.01. The van der Waals surface area contributed by atoms with Gasteiger partial charge in [0.05, 0.1) is 11.8 Å². The zero-order valence-electron chi connectivity index (χ0n) is 20.1. The summed E-state index contributed by atoms with van der Waals surface area (Å²) >= 11 is 0. The highest BCUT2D eigenvalue weighted by atomic mass is 16.5. The number of hydrogen-bond donors (Lipinski definition) is 1. The van der Waals surface area contributed by atoms with Crippen LogP contribution >= 0.6 is 0 Å². The van der Waals surface area contributed by atoms with Crippen molar-refractivity contribution in [1.82, 2.24) is 5.43 Å². The first-order valence-electron chi connectivity index (χ1n) is 11.5. The minimum Gasteiger partial charge on any atom is -0.489 e. The van der Waals surface area contributed by atoms with Crippen LogP contribution in [0.25, 0.3) is 0 Å². The first-order valence-corrected chi connectivity index (χ1v) is 11.5. The van der Waals surface area contributed by atoms with Gasteiger partial charge in [0.1, 0.15) is 18.1 Å². The fourth-order valence-electron chi connectivity index (χ4n) is 3.26. The van der Waals surface area contributed by atoms with E-state index in [4.69, 9.17) is 9.47 Å². The zero-order valence-corrected chi connectivity index (χ0v) is 20.1. The lowest BCUT2D eigenvalue weighted by Gasteiger charge is -2.07. The molecule has 0 aliphatic carbocycles. The smallest absolute Gasteiger partial charge is 0.343 e. The van der Waals surface area contributed by atoms with Crippen LogP contribution in [0.5, 0.6) is 11.5 Å². The Kier molecular flexibility index (Phi) is 7.88. The van der Waals surface area contributed by atoms with Crippen molar-refractivity contribution in [3.8, 4) is 11.5 Å². The first kappa shape index (κ1) is 24.4. The fraction of sp³-hybridized carbons (Fsp3) is 0.100. The highest BCUT2D eigenvalue weighted by Gasteiger charge is 2.08. The summed E-state index contributed by atoms with van der Waals surface area (Å²) in [6.45, 7) is 4.46. The van der Waals surface area contributed by atoms with Gasteiger partial charge in [-0.2, -0.15) is 5.10 Å². The maximum Gasteiger partial charge on any atom is 0.343 e. The number of benzene rings is 4. The van der Waals surface area contributed by atoms with E-state index in [0.29, 0.717) is 29.2 Å². The fourth-order valence-corrected chi connectivity index (χ4v) is 3.26. The Morgan fingerprint density at radius 2 is 1.28 bits per heavy atom. The maximum absolute atomic E-state index is 12.4. The van der Waals surface area contributed by atoms with Crippen LogP contribution in [0.2, 0.25) is 0 Å². The number of carbonyl (C=O) groups excluding carboxylic acids is 2. The second-order valence-corrected chi connectivity index (χ2v) is 8.32. The minimum atomic E-state index is -0.421. The molecule has 0 fully saturated rings. The molecular formula is C30H26N2O4. The van der Waals surface area contributed by atoms with Gasteiger partial charge in [-0.25, -0.2) is 10.2 Å². The summed E-state index contributed by atoms with van der Waals surface area (Å²) in [5.41, 5.74) is 7.55. The monoisotopic (exact) mass is 478 g/mol. The summed E-state index contributed by atoms with van der Waals surface area (Å²) in [5.74, 6) is 0.348. The Balaban J connectivity index is 1.25. The molecule has 1 amide bonds. The predicted molar refractivity (Wildman–Crippen MR) is 140 cm³/mol. The summed E-state index contributed by atoms with van der Waals surface area (Å²) in [6.07, 6.45) is 1.52. The molecule has 4 aromatic rings. The van der Waals surface area contributed by atoms with E-state index in [1.165, 1.54) is 11.8 Å². The molecule has 36 heavy (non-hydrogen) atoms. The number of nitrogens with one attached hydrogen (secondary N) is 1. The van der Waals surface area contributed by atoms with E-state index in [-0.39, 0.29) is 5.91 Å². The van der Waals surface area contributed by atoms with Crippen molar-refractivity contribution < 1.29 is 19.1 Å². The number of carbonyl (C=O) groups is 2. The zero-order chi connectivity index (χ0) is 25.3. The quantitative estimate of drug-likeness (QED) is 0.149. The van der Waals surface area contributed by atoms with Crippen molar-refractivity contribution in [3.05, 3.63) is 130 Å². The Morgan fingerprint density at radius 3 is 1.92 bits per heavy atom. The van der Waals surface area contributed by atoms with Gasteiger partial charge in [-0.3, -0.25) is 4.79 Å². The lowest BCUT2D eigenvalue weighted by atomic mass is 10.1. The first-order chi connectivity index (χ1) is 17.5. The van der Waals surface area contributed by atoms with Gasteiger partial charge in [0.25, 0.3) is 5.91 Å². The molecule has 0 aliphatic heterocycles. The van der Waals surface area contributed by atoms with Crippen LogP contribution in [0.1, 0.15) is 43.0 Å². The molecule has 4 rings (SSSR count). The highest BCUT2D eigenvalue weighted by molar-refractivity contribution is 5.95. The van der Waals surface area contributed by atoms with E-state index in [1.807, 2.05) is 50.2 Å². The van der Waals surface area contributed by atoms with Crippen LogP contribution < -0.4 is 14.9 Å². The molecule has 0 heterocycles. The number of esters is 1. The third kappa shape index (κ3) is 6.90.